The number of fused-ring (bicyclic) bond motifs is 1. The Hall–Kier alpha value is -2.67. The molecule has 26 heavy (non-hydrogen) atoms. The van der Waals surface area contributed by atoms with Crippen molar-refractivity contribution in [3.63, 3.8) is 0 Å². The number of carbonyl (C=O) groups is 1. The molecular weight excluding hydrogens is 356 g/mol. The summed E-state index contributed by atoms with van der Waals surface area (Å²) < 4.78 is 29.2. The molecule has 2 aromatic carbocycles. The first-order valence-electron chi connectivity index (χ1n) is 8.06. The molecule has 4 nitrogen and oxygen atoms in total. The van der Waals surface area contributed by atoms with E-state index in [9.17, 15) is 13.6 Å². The normalized spacial score (nSPS) is 16.7. The quantitative estimate of drug-likeness (QED) is 0.733. The average Bonchev–Trinajstić information content (AvgIpc) is 2.83. The highest BCUT2D eigenvalue weighted by Gasteiger charge is 2.31. The van der Waals surface area contributed by atoms with Gasteiger partial charge in [0.25, 0.3) is 0 Å². The van der Waals surface area contributed by atoms with Gasteiger partial charge in [-0.1, -0.05) is 18.2 Å². The largest absolute Gasteiger partial charge is 0.310 e. The molecular formula is C19H15F2N3OS. The average molecular weight is 371 g/mol. The van der Waals surface area contributed by atoms with E-state index in [0.717, 1.165) is 5.56 Å². The molecule has 132 valence electrons. The Bertz CT molecular complexity index is 985. The van der Waals surface area contributed by atoms with Crippen molar-refractivity contribution in [3.05, 3.63) is 77.0 Å². The number of aromatic nitrogens is 2. The Morgan fingerprint density at radius 2 is 1.88 bits per heavy atom. The predicted molar refractivity (Wildman–Crippen MR) is 97.6 cm³/mol. The lowest BCUT2D eigenvalue weighted by atomic mass is 10.0. The van der Waals surface area contributed by atoms with Gasteiger partial charge in [0.2, 0.25) is 5.91 Å². The number of hydrogen-bond donors (Lipinski definition) is 1. The molecule has 0 bridgehead atoms. The van der Waals surface area contributed by atoms with Gasteiger partial charge in [0.1, 0.15) is 17.5 Å². The zero-order valence-corrected chi connectivity index (χ0v) is 14.7. The summed E-state index contributed by atoms with van der Waals surface area (Å²) in [6, 6.07) is 12.4. The molecule has 4 rings (SSSR count). The number of anilines is 1. The van der Waals surface area contributed by atoms with Gasteiger partial charge < -0.3 is 5.32 Å². The third-order valence-electron chi connectivity index (χ3n) is 4.27. The van der Waals surface area contributed by atoms with E-state index < -0.39 is 0 Å². The van der Waals surface area contributed by atoms with E-state index in [4.69, 9.17) is 0 Å². The molecule has 1 aliphatic rings. The molecule has 0 saturated heterocycles. The van der Waals surface area contributed by atoms with Crippen LogP contribution in [0.3, 0.4) is 0 Å². The lowest BCUT2D eigenvalue weighted by molar-refractivity contribution is -0.113. The zero-order chi connectivity index (χ0) is 18.3. The molecule has 7 heteroatoms. The van der Waals surface area contributed by atoms with Gasteiger partial charge in [-0.2, -0.15) is 5.10 Å². The summed E-state index contributed by atoms with van der Waals surface area (Å²) in [6.45, 7) is 1.82. The second-order valence-electron chi connectivity index (χ2n) is 6.00. The smallest absolute Gasteiger partial charge is 0.235 e. The van der Waals surface area contributed by atoms with Crippen LogP contribution in [0.15, 0.2) is 48.5 Å². The van der Waals surface area contributed by atoms with E-state index >= 15 is 0 Å². The lowest BCUT2D eigenvalue weighted by Gasteiger charge is -2.16. The van der Waals surface area contributed by atoms with Gasteiger partial charge in [-0.3, -0.25) is 4.79 Å². The lowest BCUT2D eigenvalue weighted by Crippen LogP contribution is -2.15. The molecule has 1 aromatic heterocycles. The number of aryl methyl sites for hydroxylation is 1. The minimum atomic E-state index is -0.362. The van der Waals surface area contributed by atoms with E-state index in [1.807, 2.05) is 6.92 Å². The summed E-state index contributed by atoms with van der Waals surface area (Å²) in [6.07, 6.45) is 0. The maximum Gasteiger partial charge on any atom is 0.235 e. The maximum atomic E-state index is 14.4. The Kier molecular flexibility index (Phi) is 4.24. The number of halogens is 2. The second kappa shape index (κ2) is 6.57. The molecule has 0 saturated carbocycles. The third kappa shape index (κ3) is 2.88. The van der Waals surface area contributed by atoms with Crippen LogP contribution in [0.1, 0.15) is 22.1 Å². The Morgan fingerprint density at radius 3 is 2.62 bits per heavy atom. The van der Waals surface area contributed by atoms with Crippen LogP contribution in [-0.2, 0) is 4.79 Å². The van der Waals surface area contributed by atoms with Gasteiger partial charge in [0, 0.05) is 11.1 Å². The van der Waals surface area contributed by atoms with Gasteiger partial charge in [-0.15, -0.1) is 11.8 Å². The number of nitrogens with one attached hydrogen (secondary N) is 1. The summed E-state index contributed by atoms with van der Waals surface area (Å²) in [7, 11) is 0. The van der Waals surface area contributed by atoms with Crippen molar-refractivity contribution in [2.75, 3.05) is 11.1 Å². The molecule has 0 unspecified atom stereocenters. The van der Waals surface area contributed by atoms with Crippen molar-refractivity contribution < 1.29 is 13.6 Å². The number of thioether (sulfide) groups is 1. The van der Waals surface area contributed by atoms with Crippen LogP contribution in [0.4, 0.5) is 14.6 Å². The fourth-order valence-corrected chi connectivity index (χ4v) is 4.30. The number of rotatable bonds is 2. The van der Waals surface area contributed by atoms with Gasteiger partial charge in [-0.05, 0) is 37.3 Å². The summed E-state index contributed by atoms with van der Waals surface area (Å²) in [5.74, 6) is -0.154. The summed E-state index contributed by atoms with van der Waals surface area (Å²) in [4.78, 5) is 12.2. The van der Waals surface area contributed by atoms with E-state index in [1.54, 1.807) is 35.0 Å². The number of hydrogen-bond acceptors (Lipinski definition) is 3. The molecule has 1 N–H and O–H groups in total. The molecule has 3 aromatic rings. The zero-order valence-electron chi connectivity index (χ0n) is 13.9. The second-order valence-corrected chi connectivity index (χ2v) is 7.09. The van der Waals surface area contributed by atoms with E-state index in [2.05, 4.69) is 10.4 Å². The molecule has 2 heterocycles. The van der Waals surface area contributed by atoms with Crippen LogP contribution in [-0.4, -0.2) is 21.4 Å². The molecule has 0 radical (unpaired) electrons. The number of carbonyl (C=O) groups excluding carboxylic acids is 1. The topological polar surface area (TPSA) is 46.9 Å². The van der Waals surface area contributed by atoms with Crippen LogP contribution in [0.5, 0.6) is 0 Å². The van der Waals surface area contributed by atoms with Crippen LogP contribution < -0.4 is 5.32 Å². The first-order valence-corrected chi connectivity index (χ1v) is 9.11. The Labute approximate surface area is 153 Å². The highest BCUT2D eigenvalue weighted by atomic mass is 32.2. The van der Waals surface area contributed by atoms with Crippen molar-refractivity contribution in [1.29, 1.82) is 0 Å². The molecule has 0 spiro atoms. The monoisotopic (exact) mass is 371 g/mol. The maximum absolute atomic E-state index is 14.4. The van der Waals surface area contributed by atoms with Gasteiger partial charge in [0.15, 0.2) is 0 Å². The molecule has 1 amide bonds. The van der Waals surface area contributed by atoms with Crippen molar-refractivity contribution in [3.8, 4) is 5.69 Å². The minimum absolute atomic E-state index is 0.182. The first-order chi connectivity index (χ1) is 12.5. The fourth-order valence-electron chi connectivity index (χ4n) is 3.09. The highest BCUT2D eigenvalue weighted by Crippen LogP contribution is 2.44. The summed E-state index contributed by atoms with van der Waals surface area (Å²) >= 11 is 1.36. The Balaban J connectivity index is 1.91. The van der Waals surface area contributed by atoms with E-state index in [-0.39, 0.29) is 28.5 Å². The number of benzene rings is 2. The number of amides is 1. The van der Waals surface area contributed by atoms with Crippen LogP contribution in [0, 0.1) is 18.6 Å². The third-order valence-corrected chi connectivity index (χ3v) is 5.52. The predicted octanol–water partition coefficient (Wildman–Crippen LogP) is 4.23. The van der Waals surface area contributed by atoms with E-state index in [0.29, 0.717) is 22.8 Å². The standard InChI is InChI=1S/C19H15F2N3OS/c1-11-17-18(14-4-2-3-5-15(14)21)26-10-16(25)22-19(17)24(23-11)13-8-6-12(20)7-9-13/h2-9,18H,10H2,1H3,(H,22,25)/t18-/m0/s1. The number of nitrogens with zero attached hydrogens (tertiary/aromatic N) is 2. The van der Waals surface area contributed by atoms with Gasteiger partial charge in [0.05, 0.1) is 22.4 Å². The van der Waals surface area contributed by atoms with Gasteiger partial charge >= 0.3 is 0 Å². The van der Waals surface area contributed by atoms with Crippen molar-refractivity contribution in [1.82, 2.24) is 9.78 Å². The van der Waals surface area contributed by atoms with Gasteiger partial charge in [-0.25, -0.2) is 13.5 Å². The van der Waals surface area contributed by atoms with Crippen LogP contribution in [0.25, 0.3) is 5.69 Å². The summed E-state index contributed by atoms with van der Waals surface area (Å²) in [5.41, 5.74) is 2.58. The molecule has 0 aliphatic carbocycles. The first kappa shape index (κ1) is 16.8. The SMILES string of the molecule is Cc1nn(-c2ccc(F)cc2)c2c1[C@H](c1ccccc1F)SCC(=O)N2. The van der Waals surface area contributed by atoms with Crippen molar-refractivity contribution in [2.24, 2.45) is 0 Å². The van der Waals surface area contributed by atoms with Crippen LogP contribution in [0.2, 0.25) is 0 Å². The fraction of sp³-hybridized carbons (Fsp3) is 0.158. The highest BCUT2D eigenvalue weighted by molar-refractivity contribution is 8.00. The van der Waals surface area contributed by atoms with E-state index in [1.165, 1.54) is 30.0 Å². The molecule has 0 fully saturated rings. The minimum Gasteiger partial charge on any atom is -0.310 e. The summed E-state index contributed by atoms with van der Waals surface area (Å²) in [5, 5.41) is 7.02. The van der Waals surface area contributed by atoms with Crippen molar-refractivity contribution >= 4 is 23.5 Å². The van der Waals surface area contributed by atoms with Crippen LogP contribution >= 0.6 is 11.8 Å². The molecule has 1 aliphatic heterocycles. The Morgan fingerprint density at radius 1 is 1.15 bits per heavy atom. The van der Waals surface area contributed by atoms with Crippen molar-refractivity contribution in [2.45, 2.75) is 12.2 Å². The molecule has 1 atom stereocenters.